The van der Waals surface area contributed by atoms with Gasteiger partial charge < -0.3 is 0 Å². The Bertz CT molecular complexity index is 169. The van der Waals surface area contributed by atoms with Gasteiger partial charge in [-0.15, -0.1) is 0 Å². The van der Waals surface area contributed by atoms with Crippen molar-refractivity contribution >= 4 is 17.5 Å². The zero-order chi connectivity index (χ0) is 10.4. The van der Waals surface area contributed by atoms with E-state index in [1.54, 1.807) is 0 Å². The third-order valence-corrected chi connectivity index (χ3v) is 4.61. The molecule has 14 heavy (non-hydrogen) atoms. The van der Waals surface area contributed by atoms with E-state index in [4.69, 9.17) is 0 Å². The largest absolute Gasteiger partial charge is 0.298 e. The molecular formula is C12H22OS. The number of hydrogen-bond donors (Lipinski definition) is 0. The van der Waals surface area contributed by atoms with E-state index in [1.807, 2.05) is 11.8 Å². The highest BCUT2D eigenvalue weighted by atomic mass is 32.2. The number of carbonyl (C=O) groups excluding carboxylic acids is 1. The third-order valence-electron chi connectivity index (χ3n) is 3.18. The van der Waals surface area contributed by atoms with Crippen molar-refractivity contribution in [3.8, 4) is 0 Å². The third kappa shape index (κ3) is 3.64. The smallest absolute Gasteiger partial charge is 0.146 e. The summed E-state index contributed by atoms with van der Waals surface area (Å²) in [7, 11) is 0. The summed E-state index contributed by atoms with van der Waals surface area (Å²) in [6, 6.07) is 0. The summed E-state index contributed by atoms with van der Waals surface area (Å²) in [5.41, 5.74) is 0. The molecule has 0 saturated carbocycles. The van der Waals surface area contributed by atoms with Crippen LogP contribution in [0.4, 0.5) is 0 Å². The van der Waals surface area contributed by atoms with Gasteiger partial charge in [0.2, 0.25) is 0 Å². The standard InChI is InChI=1S/C12H22OS/c1-3-10(4-2)9-11(13)12-7-5-6-8-14-12/h10,12H,3-9H2,1-2H3. The summed E-state index contributed by atoms with van der Waals surface area (Å²) in [4.78, 5) is 11.9. The van der Waals surface area contributed by atoms with Gasteiger partial charge in [0, 0.05) is 6.42 Å². The fraction of sp³-hybridized carbons (Fsp3) is 0.917. The predicted octanol–water partition coefficient (Wildman–Crippen LogP) is 3.67. The normalized spacial score (nSPS) is 22.6. The quantitative estimate of drug-likeness (QED) is 0.694. The molecule has 1 aliphatic heterocycles. The monoisotopic (exact) mass is 214 g/mol. The average molecular weight is 214 g/mol. The first-order valence-electron chi connectivity index (χ1n) is 5.92. The van der Waals surface area contributed by atoms with E-state index in [9.17, 15) is 4.79 Å². The van der Waals surface area contributed by atoms with Crippen LogP contribution in [0.1, 0.15) is 52.4 Å². The molecule has 0 bridgehead atoms. The molecule has 1 fully saturated rings. The Labute approximate surface area is 92.0 Å². The van der Waals surface area contributed by atoms with Gasteiger partial charge in [0.15, 0.2) is 0 Å². The first-order chi connectivity index (χ1) is 6.77. The molecule has 0 aliphatic carbocycles. The summed E-state index contributed by atoms with van der Waals surface area (Å²) < 4.78 is 0. The van der Waals surface area contributed by atoms with Crippen molar-refractivity contribution < 1.29 is 4.79 Å². The van der Waals surface area contributed by atoms with Crippen LogP contribution < -0.4 is 0 Å². The maximum atomic E-state index is 11.9. The van der Waals surface area contributed by atoms with Crippen molar-refractivity contribution in [3.05, 3.63) is 0 Å². The molecule has 2 heteroatoms. The summed E-state index contributed by atoms with van der Waals surface area (Å²) in [5.74, 6) is 2.34. The number of rotatable bonds is 5. The van der Waals surface area contributed by atoms with Gasteiger partial charge in [0.25, 0.3) is 0 Å². The molecule has 1 rings (SSSR count). The van der Waals surface area contributed by atoms with Gasteiger partial charge in [0.1, 0.15) is 5.78 Å². The molecule has 1 heterocycles. The lowest BCUT2D eigenvalue weighted by atomic mass is 9.94. The first-order valence-corrected chi connectivity index (χ1v) is 6.97. The molecule has 0 aromatic rings. The van der Waals surface area contributed by atoms with E-state index in [0.29, 0.717) is 17.0 Å². The SMILES string of the molecule is CCC(CC)CC(=O)C1CCCCS1. The lowest BCUT2D eigenvalue weighted by Gasteiger charge is -2.21. The van der Waals surface area contributed by atoms with Crippen molar-refractivity contribution in [2.24, 2.45) is 5.92 Å². The highest BCUT2D eigenvalue weighted by Gasteiger charge is 2.23. The molecule has 0 radical (unpaired) electrons. The van der Waals surface area contributed by atoms with Crippen molar-refractivity contribution in [2.45, 2.75) is 57.6 Å². The Balaban J connectivity index is 2.32. The molecule has 1 atom stereocenters. The molecular weight excluding hydrogens is 192 g/mol. The Kier molecular flexibility index (Phi) is 5.61. The Morgan fingerprint density at radius 2 is 2.07 bits per heavy atom. The van der Waals surface area contributed by atoms with Gasteiger partial charge in [-0.05, 0) is 24.5 Å². The molecule has 1 unspecified atom stereocenters. The molecule has 0 N–H and O–H groups in total. The minimum atomic E-state index is 0.337. The van der Waals surface area contributed by atoms with Crippen LogP contribution in [0.25, 0.3) is 0 Å². The maximum Gasteiger partial charge on any atom is 0.146 e. The van der Waals surface area contributed by atoms with Gasteiger partial charge in [-0.2, -0.15) is 11.8 Å². The second-order valence-electron chi connectivity index (χ2n) is 4.21. The van der Waals surface area contributed by atoms with E-state index in [2.05, 4.69) is 13.8 Å². The lowest BCUT2D eigenvalue weighted by Crippen LogP contribution is -2.23. The van der Waals surface area contributed by atoms with Gasteiger partial charge in [0.05, 0.1) is 5.25 Å². The molecule has 82 valence electrons. The van der Waals surface area contributed by atoms with Crippen molar-refractivity contribution in [1.82, 2.24) is 0 Å². The van der Waals surface area contributed by atoms with Gasteiger partial charge in [-0.25, -0.2) is 0 Å². The van der Waals surface area contributed by atoms with Gasteiger partial charge in [-0.1, -0.05) is 33.1 Å². The van der Waals surface area contributed by atoms with Crippen LogP contribution in [-0.2, 0) is 4.79 Å². The Hall–Kier alpha value is 0.0200. The number of carbonyl (C=O) groups is 1. The Morgan fingerprint density at radius 3 is 2.57 bits per heavy atom. The van der Waals surface area contributed by atoms with Crippen LogP contribution in [0, 0.1) is 5.92 Å². The molecule has 0 aromatic carbocycles. The average Bonchev–Trinajstić information content (AvgIpc) is 2.26. The van der Waals surface area contributed by atoms with Crippen LogP contribution in [-0.4, -0.2) is 16.8 Å². The van der Waals surface area contributed by atoms with Gasteiger partial charge in [-0.3, -0.25) is 4.79 Å². The molecule has 1 aliphatic rings. The van der Waals surface area contributed by atoms with Crippen LogP contribution in [0.15, 0.2) is 0 Å². The summed E-state index contributed by atoms with van der Waals surface area (Å²) in [5, 5.41) is 0.337. The lowest BCUT2D eigenvalue weighted by molar-refractivity contribution is -0.119. The molecule has 0 amide bonds. The van der Waals surface area contributed by atoms with Crippen molar-refractivity contribution in [1.29, 1.82) is 0 Å². The van der Waals surface area contributed by atoms with E-state index >= 15 is 0 Å². The van der Waals surface area contributed by atoms with E-state index < -0.39 is 0 Å². The first kappa shape index (κ1) is 12.1. The topological polar surface area (TPSA) is 17.1 Å². The number of Topliss-reactive ketones (excluding diaryl/α,β-unsaturated/α-hetero) is 1. The second-order valence-corrected chi connectivity index (χ2v) is 5.52. The fourth-order valence-electron chi connectivity index (χ4n) is 1.99. The minimum Gasteiger partial charge on any atom is -0.298 e. The molecule has 1 saturated heterocycles. The number of thioether (sulfide) groups is 1. The summed E-state index contributed by atoms with van der Waals surface area (Å²) >= 11 is 1.88. The van der Waals surface area contributed by atoms with Crippen LogP contribution in [0.3, 0.4) is 0 Å². The zero-order valence-corrected chi connectivity index (χ0v) is 10.2. The van der Waals surface area contributed by atoms with E-state index in [1.165, 1.54) is 18.6 Å². The molecule has 1 nitrogen and oxygen atoms in total. The summed E-state index contributed by atoms with van der Waals surface area (Å²) in [6.45, 7) is 4.38. The molecule has 0 spiro atoms. The number of ketones is 1. The van der Waals surface area contributed by atoms with E-state index in [-0.39, 0.29) is 0 Å². The summed E-state index contributed by atoms with van der Waals surface area (Å²) in [6.07, 6.45) is 6.82. The van der Waals surface area contributed by atoms with Crippen molar-refractivity contribution in [3.63, 3.8) is 0 Å². The maximum absolute atomic E-state index is 11.9. The highest BCUT2D eigenvalue weighted by Crippen LogP contribution is 2.28. The van der Waals surface area contributed by atoms with Crippen LogP contribution >= 0.6 is 11.8 Å². The second kappa shape index (κ2) is 6.49. The molecule has 0 aromatic heterocycles. The predicted molar refractivity (Wildman–Crippen MR) is 63.8 cm³/mol. The van der Waals surface area contributed by atoms with Crippen molar-refractivity contribution in [2.75, 3.05) is 5.75 Å². The van der Waals surface area contributed by atoms with Crippen LogP contribution in [0.2, 0.25) is 0 Å². The van der Waals surface area contributed by atoms with E-state index in [0.717, 1.165) is 25.7 Å². The minimum absolute atomic E-state index is 0.337. The zero-order valence-electron chi connectivity index (χ0n) is 9.42. The number of hydrogen-bond acceptors (Lipinski definition) is 2. The Morgan fingerprint density at radius 1 is 1.36 bits per heavy atom. The fourth-order valence-corrected chi connectivity index (χ4v) is 3.26. The van der Waals surface area contributed by atoms with Crippen LogP contribution in [0.5, 0.6) is 0 Å². The highest BCUT2D eigenvalue weighted by molar-refractivity contribution is 8.00. The van der Waals surface area contributed by atoms with Gasteiger partial charge >= 0.3 is 0 Å².